The quantitative estimate of drug-likeness (QED) is 0.487. The van der Waals surface area contributed by atoms with Crippen LogP contribution in [0.3, 0.4) is 0 Å². The number of benzene rings is 2. The molecule has 0 bridgehead atoms. The molecule has 8 heteroatoms. The molecule has 1 aliphatic heterocycles. The van der Waals surface area contributed by atoms with Crippen molar-refractivity contribution in [2.24, 2.45) is 0 Å². The van der Waals surface area contributed by atoms with Crippen molar-refractivity contribution in [3.63, 3.8) is 0 Å². The average Bonchev–Trinajstić information content (AvgIpc) is 2.43. The Labute approximate surface area is 129 Å². The van der Waals surface area contributed by atoms with E-state index in [1.165, 1.54) is 11.8 Å². The van der Waals surface area contributed by atoms with Crippen molar-refractivity contribution in [1.82, 2.24) is 0 Å². The Hall–Kier alpha value is -2.87. The van der Waals surface area contributed by atoms with Crippen LogP contribution in [-0.2, 0) is 0 Å². The normalized spacial score (nSPS) is 11.6. The average molecular weight is 317 g/mol. The molecule has 2 aromatic rings. The van der Waals surface area contributed by atoms with Crippen LogP contribution in [0.5, 0.6) is 0 Å². The third kappa shape index (κ3) is 2.91. The summed E-state index contributed by atoms with van der Waals surface area (Å²) >= 11 is 1.44. The third-order valence-electron chi connectivity index (χ3n) is 2.96. The van der Waals surface area contributed by atoms with Crippen molar-refractivity contribution in [3.05, 3.63) is 36.4 Å². The Morgan fingerprint density at radius 2 is 1.32 bits per heavy atom. The summed E-state index contributed by atoms with van der Waals surface area (Å²) in [5.74, 6) is 0. The van der Waals surface area contributed by atoms with Gasteiger partial charge in [-0.2, -0.15) is 0 Å². The molecule has 0 aliphatic carbocycles. The molecule has 112 valence electrons. The van der Waals surface area contributed by atoms with Gasteiger partial charge in [0.15, 0.2) is 0 Å². The fraction of sp³-hybridized carbons (Fsp3) is 0. The van der Waals surface area contributed by atoms with Gasteiger partial charge in [0, 0.05) is 21.2 Å². The second-order valence-electron chi connectivity index (χ2n) is 4.51. The lowest BCUT2D eigenvalue weighted by Crippen LogP contribution is -2.09. The molecule has 1 heterocycles. The number of rotatable bonds is 2. The first-order valence-electron chi connectivity index (χ1n) is 6.24. The molecule has 0 unspecified atom stereocenters. The van der Waals surface area contributed by atoms with E-state index in [9.17, 15) is 9.59 Å². The number of carboxylic acid groups (broad SMARTS) is 2. The molecule has 0 saturated heterocycles. The smallest absolute Gasteiger partial charge is 0.409 e. The summed E-state index contributed by atoms with van der Waals surface area (Å²) in [4.78, 5) is 23.1. The van der Waals surface area contributed by atoms with Gasteiger partial charge in [-0.1, -0.05) is 11.8 Å². The Morgan fingerprint density at radius 1 is 0.864 bits per heavy atom. The maximum atomic E-state index is 10.7. The van der Waals surface area contributed by atoms with E-state index < -0.39 is 12.2 Å². The van der Waals surface area contributed by atoms with E-state index >= 15 is 0 Å². The summed E-state index contributed by atoms with van der Waals surface area (Å²) in [5.41, 5.74) is 2.69. The molecule has 0 spiro atoms. The highest BCUT2D eigenvalue weighted by molar-refractivity contribution is 7.99. The number of nitrogens with one attached hydrogen (secondary N) is 3. The molecular formula is C14H11N3O4S. The monoisotopic (exact) mass is 317 g/mol. The molecule has 0 aromatic heterocycles. The van der Waals surface area contributed by atoms with Gasteiger partial charge in [-0.3, -0.25) is 10.6 Å². The van der Waals surface area contributed by atoms with Gasteiger partial charge in [-0.25, -0.2) is 9.59 Å². The molecule has 0 fully saturated rings. The Morgan fingerprint density at radius 3 is 1.73 bits per heavy atom. The van der Waals surface area contributed by atoms with Crippen molar-refractivity contribution in [2.75, 3.05) is 16.0 Å². The van der Waals surface area contributed by atoms with Crippen molar-refractivity contribution in [2.45, 2.75) is 9.79 Å². The van der Waals surface area contributed by atoms with E-state index in [1.54, 1.807) is 36.4 Å². The summed E-state index contributed by atoms with van der Waals surface area (Å²) in [5, 5.41) is 25.3. The lowest BCUT2D eigenvalue weighted by Gasteiger charge is -2.22. The number of hydrogen-bond acceptors (Lipinski definition) is 4. The minimum Gasteiger partial charge on any atom is -0.465 e. The fourth-order valence-electron chi connectivity index (χ4n) is 2.09. The number of anilines is 4. The first-order valence-corrected chi connectivity index (χ1v) is 7.06. The van der Waals surface area contributed by atoms with Crippen molar-refractivity contribution in [1.29, 1.82) is 0 Å². The number of carbonyl (C=O) groups is 2. The minimum absolute atomic E-state index is 0.476. The van der Waals surface area contributed by atoms with Gasteiger partial charge in [0.2, 0.25) is 0 Å². The van der Waals surface area contributed by atoms with Crippen LogP contribution in [0.25, 0.3) is 0 Å². The maximum absolute atomic E-state index is 10.7. The van der Waals surface area contributed by atoms with Crippen LogP contribution in [0.15, 0.2) is 46.2 Å². The maximum Gasteiger partial charge on any atom is 0.409 e. The first-order chi connectivity index (χ1) is 10.5. The second-order valence-corrected chi connectivity index (χ2v) is 5.59. The minimum atomic E-state index is -1.12. The lowest BCUT2D eigenvalue weighted by atomic mass is 10.2. The summed E-state index contributed by atoms with van der Waals surface area (Å²) in [7, 11) is 0. The van der Waals surface area contributed by atoms with E-state index in [1.807, 2.05) is 0 Å². The van der Waals surface area contributed by atoms with Crippen LogP contribution >= 0.6 is 11.8 Å². The van der Waals surface area contributed by atoms with Crippen LogP contribution in [0.2, 0.25) is 0 Å². The molecule has 1 aliphatic rings. The van der Waals surface area contributed by atoms with Gasteiger partial charge in [0.1, 0.15) is 0 Å². The SMILES string of the molecule is O=C(O)Nc1ccc2c(c1)Sc1cc(NC(=O)O)ccc1N2. The first kappa shape index (κ1) is 14.1. The van der Waals surface area contributed by atoms with Gasteiger partial charge < -0.3 is 15.5 Å². The van der Waals surface area contributed by atoms with Crippen LogP contribution in [-0.4, -0.2) is 22.4 Å². The van der Waals surface area contributed by atoms with E-state index in [4.69, 9.17) is 10.2 Å². The summed E-state index contributed by atoms with van der Waals surface area (Å²) in [6.07, 6.45) is -2.25. The zero-order valence-electron chi connectivity index (χ0n) is 11.1. The van der Waals surface area contributed by atoms with E-state index in [0.717, 1.165) is 21.2 Å². The lowest BCUT2D eigenvalue weighted by molar-refractivity contribution is 0.208. The van der Waals surface area contributed by atoms with E-state index in [0.29, 0.717) is 11.4 Å². The molecule has 22 heavy (non-hydrogen) atoms. The predicted molar refractivity (Wildman–Crippen MR) is 83.6 cm³/mol. The Bertz CT molecular complexity index is 715. The predicted octanol–water partition coefficient (Wildman–Crippen LogP) is 4.07. The van der Waals surface area contributed by atoms with Gasteiger partial charge in [-0.15, -0.1) is 0 Å². The largest absolute Gasteiger partial charge is 0.465 e. The zero-order valence-corrected chi connectivity index (χ0v) is 11.9. The Balaban J connectivity index is 1.89. The Kier molecular flexibility index (Phi) is 3.51. The molecule has 2 aromatic carbocycles. The third-order valence-corrected chi connectivity index (χ3v) is 4.07. The molecule has 3 rings (SSSR count). The standard InChI is InChI=1S/C14H11N3O4S/c18-13(19)15-7-1-3-9-11(5-7)22-12-6-8(16-14(20)21)2-4-10(12)17-9/h1-6,15-17H,(H,18,19)(H,20,21). The topological polar surface area (TPSA) is 111 Å². The van der Waals surface area contributed by atoms with Crippen molar-refractivity contribution in [3.8, 4) is 0 Å². The fourth-order valence-corrected chi connectivity index (χ4v) is 3.15. The molecule has 7 nitrogen and oxygen atoms in total. The highest BCUT2D eigenvalue weighted by atomic mass is 32.2. The van der Waals surface area contributed by atoms with Gasteiger partial charge >= 0.3 is 12.2 Å². The van der Waals surface area contributed by atoms with Crippen LogP contribution in [0.1, 0.15) is 0 Å². The number of hydrogen-bond donors (Lipinski definition) is 5. The molecule has 0 atom stereocenters. The molecule has 0 radical (unpaired) electrons. The molecule has 5 N–H and O–H groups in total. The van der Waals surface area contributed by atoms with Gasteiger partial charge in [0.05, 0.1) is 11.4 Å². The summed E-state index contributed by atoms with van der Waals surface area (Å²) < 4.78 is 0. The summed E-state index contributed by atoms with van der Waals surface area (Å²) in [6.45, 7) is 0. The van der Waals surface area contributed by atoms with Crippen molar-refractivity contribution < 1.29 is 19.8 Å². The van der Waals surface area contributed by atoms with Gasteiger partial charge in [-0.05, 0) is 36.4 Å². The molecule has 0 saturated carbocycles. The summed E-state index contributed by atoms with van der Waals surface area (Å²) in [6, 6.07) is 10.4. The van der Waals surface area contributed by atoms with Crippen LogP contribution in [0, 0.1) is 0 Å². The van der Waals surface area contributed by atoms with E-state index in [-0.39, 0.29) is 0 Å². The van der Waals surface area contributed by atoms with E-state index in [2.05, 4.69) is 16.0 Å². The van der Waals surface area contributed by atoms with Gasteiger partial charge in [0.25, 0.3) is 0 Å². The number of fused-ring (bicyclic) bond motifs is 2. The highest BCUT2D eigenvalue weighted by Gasteiger charge is 2.17. The molecular weight excluding hydrogens is 306 g/mol. The van der Waals surface area contributed by atoms with Crippen molar-refractivity contribution >= 4 is 46.7 Å². The van der Waals surface area contributed by atoms with Crippen LogP contribution in [0.4, 0.5) is 32.3 Å². The van der Waals surface area contributed by atoms with Crippen LogP contribution < -0.4 is 16.0 Å². The number of amides is 2. The zero-order chi connectivity index (χ0) is 15.7. The molecule has 2 amide bonds. The second kappa shape index (κ2) is 5.49. The highest BCUT2D eigenvalue weighted by Crippen LogP contribution is 2.45.